The number of nitrogens with zero attached hydrogens (tertiary/aromatic N) is 3. The van der Waals surface area contributed by atoms with Gasteiger partial charge < -0.3 is 24.8 Å². The Balaban J connectivity index is 0.000000339. The molecule has 0 saturated carbocycles. The highest BCUT2D eigenvalue weighted by molar-refractivity contribution is 6.31. The van der Waals surface area contributed by atoms with Gasteiger partial charge in [-0.2, -0.15) is 18.2 Å². The van der Waals surface area contributed by atoms with Crippen LogP contribution >= 0.6 is 11.6 Å². The van der Waals surface area contributed by atoms with E-state index in [1.807, 2.05) is 6.07 Å². The first-order valence-corrected chi connectivity index (χ1v) is 14.3. The lowest BCUT2D eigenvalue weighted by Crippen LogP contribution is -2.47. The summed E-state index contributed by atoms with van der Waals surface area (Å²) in [7, 11) is 0. The van der Waals surface area contributed by atoms with Crippen LogP contribution in [0.1, 0.15) is 30.1 Å². The summed E-state index contributed by atoms with van der Waals surface area (Å²) in [5.41, 5.74) is 0.0689. The molecule has 0 spiro atoms. The van der Waals surface area contributed by atoms with Crippen molar-refractivity contribution < 1.29 is 32.9 Å². The van der Waals surface area contributed by atoms with Gasteiger partial charge in [0.2, 0.25) is 11.4 Å². The molecule has 1 aliphatic rings. The number of aliphatic hydroxyl groups is 1. The van der Waals surface area contributed by atoms with E-state index in [4.69, 9.17) is 26.6 Å². The number of fused-ring (bicyclic) bond motifs is 1. The van der Waals surface area contributed by atoms with E-state index in [0.29, 0.717) is 49.9 Å². The predicted molar refractivity (Wildman–Crippen MR) is 161 cm³/mol. The number of nitrogens with one attached hydrogen (secondary N) is 1. The summed E-state index contributed by atoms with van der Waals surface area (Å²) >= 11 is 5.85. The van der Waals surface area contributed by atoms with Crippen molar-refractivity contribution in [3.63, 3.8) is 0 Å². The number of anilines is 1. The Kier molecular flexibility index (Phi) is 11.2. The van der Waals surface area contributed by atoms with Gasteiger partial charge in [-0.05, 0) is 49.2 Å². The van der Waals surface area contributed by atoms with Crippen LogP contribution in [0.2, 0.25) is 5.02 Å². The van der Waals surface area contributed by atoms with Crippen LogP contribution in [0.5, 0.6) is 5.88 Å². The molecule has 5 rings (SSSR count). The van der Waals surface area contributed by atoms with Gasteiger partial charge in [-0.15, -0.1) is 0 Å². The minimum atomic E-state index is -4.49. The molecule has 1 aliphatic heterocycles. The van der Waals surface area contributed by atoms with Gasteiger partial charge in [0.25, 0.3) is 0 Å². The molecule has 0 aliphatic carbocycles. The molecule has 3 heterocycles. The zero-order valence-electron chi connectivity index (χ0n) is 23.6. The number of alkyl halides is 3. The monoisotopic (exact) mass is 632 g/mol. The van der Waals surface area contributed by atoms with Gasteiger partial charge in [0, 0.05) is 43.7 Å². The van der Waals surface area contributed by atoms with E-state index >= 15 is 0 Å². The van der Waals surface area contributed by atoms with Crippen molar-refractivity contribution in [1.29, 1.82) is 0 Å². The van der Waals surface area contributed by atoms with Gasteiger partial charge in [0.05, 0.1) is 22.9 Å². The minimum Gasteiger partial charge on any atom is -0.479 e. The maximum absolute atomic E-state index is 13.4. The zero-order valence-corrected chi connectivity index (χ0v) is 24.4. The Labute approximate surface area is 256 Å². The normalized spacial score (nSPS) is 14.5. The van der Waals surface area contributed by atoms with Gasteiger partial charge >= 0.3 is 12.1 Å². The summed E-state index contributed by atoms with van der Waals surface area (Å²) in [5.74, 6) is -0.767. The number of piperazine rings is 1. The highest BCUT2D eigenvalue weighted by Crippen LogP contribution is 2.41. The number of aliphatic carboxylic acids is 1. The van der Waals surface area contributed by atoms with Crippen LogP contribution in [0.4, 0.5) is 18.9 Å². The molecule has 0 bridgehead atoms. The topological polar surface area (TPSA) is 119 Å². The standard InChI is InChI=1S/C23H24ClF3N4O2.C8H8O3/c24-17-4-3-5-18(21(17)23(25,26)27)31-13-11-30(12-14-31)10-1-2-15-33-20-9-7-16-6-8-19(32)28-22(16)29-20;9-7(8(10)11)6-4-2-1-3-5-6/h3-9H,1-2,10-15H2,(H,28,29,32);1-5,7,9H,(H,10,11). The number of ether oxygens (including phenoxy) is 1. The van der Waals surface area contributed by atoms with Crippen LogP contribution in [0.15, 0.2) is 77.6 Å². The van der Waals surface area contributed by atoms with Crippen molar-refractivity contribution in [1.82, 2.24) is 14.9 Å². The number of carbonyl (C=O) groups is 1. The number of aromatic nitrogens is 2. The number of carboxylic acid groups (broad SMARTS) is 1. The average molecular weight is 633 g/mol. The number of benzene rings is 2. The molecule has 234 valence electrons. The Morgan fingerprint density at radius 3 is 2.36 bits per heavy atom. The van der Waals surface area contributed by atoms with E-state index < -0.39 is 23.8 Å². The second-order valence-electron chi connectivity index (χ2n) is 10.1. The third kappa shape index (κ3) is 8.94. The van der Waals surface area contributed by atoms with Crippen LogP contribution in [0.3, 0.4) is 0 Å². The smallest absolute Gasteiger partial charge is 0.419 e. The predicted octanol–water partition coefficient (Wildman–Crippen LogP) is 5.38. The molecule has 1 fully saturated rings. The van der Waals surface area contributed by atoms with E-state index in [1.165, 1.54) is 18.2 Å². The molecule has 2 aromatic carbocycles. The lowest BCUT2D eigenvalue weighted by atomic mass is 10.1. The zero-order chi connectivity index (χ0) is 31.7. The van der Waals surface area contributed by atoms with E-state index in [9.17, 15) is 22.8 Å². The quantitative estimate of drug-likeness (QED) is 0.211. The fourth-order valence-corrected chi connectivity index (χ4v) is 5.03. The van der Waals surface area contributed by atoms with Crippen molar-refractivity contribution >= 4 is 34.3 Å². The minimum absolute atomic E-state index is 0.146. The van der Waals surface area contributed by atoms with Gasteiger partial charge in [-0.3, -0.25) is 9.69 Å². The number of aliphatic hydroxyl groups excluding tert-OH is 1. The van der Waals surface area contributed by atoms with Gasteiger partial charge in [-0.1, -0.05) is 48.0 Å². The average Bonchev–Trinajstić information content (AvgIpc) is 3.00. The lowest BCUT2D eigenvalue weighted by Gasteiger charge is -2.37. The molecule has 0 amide bonds. The molecule has 9 nitrogen and oxygen atoms in total. The molecule has 1 unspecified atom stereocenters. The summed E-state index contributed by atoms with van der Waals surface area (Å²) in [5, 5.41) is 17.9. The first-order valence-electron chi connectivity index (χ1n) is 13.9. The van der Waals surface area contributed by atoms with Gasteiger partial charge in [0.1, 0.15) is 5.65 Å². The number of unbranched alkanes of at least 4 members (excludes halogenated alkanes) is 1. The van der Waals surface area contributed by atoms with Crippen molar-refractivity contribution in [2.24, 2.45) is 0 Å². The second-order valence-corrected chi connectivity index (χ2v) is 10.5. The second kappa shape index (κ2) is 15.0. The molecular weight excluding hydrogens is 601 g/mol. The SMILES string of the molecule is O=C(O)C(O)c1ccccc1.O=c1ccc2ccc(OCCCCN3CCN(c4cccc(Cl)c4C(F)(F)F)CC3)nc2[nH]1. The summed E-state index contributed by atoms with van der Waals surface area (Å²) in [6.07, 6.45) is -4.18. The molecule has 2 aromatic heterocycles. The third-order valence-corrected chi connectivity index (χ3v) is 7.33. The van der Waals surface area contributed by atoms with Crippen LogP contribution in [0.25, 0.3) is 11.0 Å². The molecule has 1 saturated heterocycles. The summed E-state index contributed by atoms with van der Waals surface area (Å²) in [6.45, 7) is 3.73. The summed E-state index contributed by atoms with van der Waals surface area (Å²) in [4.78, 5) is 32.7. The van der Waals surface area contributed by atoms with Crippen LogP contribution in [-0.4, -0.2) is 70.4 Å². The fourth-order valence-electron chi connectivity index (χ4n) is 4.75. The number of halogens is 4. The number of H-pyrrole nitrogens is 1. The summed E-state index contributed by atoms with van der Waals surface area (Å²) < 4.78 is 46.0. The van der Waals surface area contributed by atoms with Crippen molar-refractivity contribution in [2.45, 2.75) is 25.1 Å². The van der Waals surface area contributed by atoms with Crippen LogP contribution in [0, 0.1) is 0 Å². The summed E-state index contributed by atoms with van der Waals surface area (Å²) in [6, 6.07) is 19.4. The maximum atomic E-state index is 13.4. The number of aromatic amines is 1. The molecule has 44 heavy (non-hydrogen) atoms. The van der Waals surface area contributed by atoms with Gasteiger partial charge in [-0.25, -0.2) is 4.79 Å². The molecule has 4 aromatic rings. The third-order valence-electron chi connectivity index (χ3n) is 7.01. The Morgan fingerprint density at radius 1 is 0.977 bits per heavy atom. The largest absolute Gasteiger partial charge is 0.479 e. The molecule has 3 N–H and O–H groups in total. The van der Waals surface area contributed by atoms with E-state index in [1.54, 1.807) is 53.4 Å². The van der Waals surface area contributed by atoms with Crippen LogP contribution < -0.4 is 15.2 Å². The van der Waals surface area contributed by atoms with E-state index in [-0.39, 0.29) is 16.3 Å². The van der Waals surface area contributed by atoms with E-state index in [0.717, 1.165) is 24.8 Å². The Hall–Kier alpha value is -4.13. The molecule has 0 radical (unpaired) electrons. The number of carboxylic acids is 1. The van der Waals surface area contributed by atoms with E-state index in [2.05, 4.69) is 14.9 Å². The van der Waals surface area contributed by atoms with Crippen molar-refractivity contribution in [3.05, 3.63) is 99.3 Å². The molecule has 13 heteroatoms. The first-order chi connectivity index (χ1) is 21.0. The Morgan fingerprint density at radius 2 is 1.68 bits per heavy atom. The van der Waals surface area contributed by atoms with Crippen molar-refractivity contribution in [3.8, 4) is 5.88 Å². The number of pyridine rings is 2. The van der Waals surface area contributed by atoms with Crippen molar-refractivity contribution in [2.75, 3.05) is 44.2 Å². The first kappa shape index (κ1) is 32.8. The number of hydrogen-bond donors (Lipinski definition) is 3. The fraction of sp³-hybridized carbons (Fsp3) is 0.323. The lowest BCUT2D eigenvalue weighted by molar-refractivity contribution is -0.147. The highest BCUT2D eigenvalue weighted by Gasteiger charge is 2.37. The molecule has 1 atom stereocenters. The highest BCUT2D eigenvalue weighted by atomic mass is 35.5. The Bertz CT molecular complexity index is 1600. The maximum Gasteiger partial charge on any atom is 0.419 e. The molecular formula is C31H32ClF3N4O5. The number of hydrogen-bond acceptors (Lipinski definition) is 7. The van der Waals surface area contributed by atoms with Gasteiger partial charge in [0.15, 0.2) is 6.10 Å². The van der Waals surface area contributed by atoms with Crippen LogP contribution in [-0.2, 0) is 11.0 Å². The number of rotatable bonds is 9.